The third-order valence-electron chi connectivity index (χ3n) is 5.60. The molecule has 2 atom stereocenters. The lowest BCUT2D eigenvalue weighted by Crippen LogP contribution is -2.29. The molecule has 0 radical (unpaired) electrons. The van der Waals surface area contributed by atoms with E-state index in [0.29, 0.717) is 35.3 Å². The first kappa shape index (κ1) is 19.5. The molecule has 0 spiro atoms. The molecule has 2 aromatic rings. The molecule has 2 aliphatic rings. The predicted octanol–water partition coefficient (Wildman–Crippen LogP) is 3.68. The van der Waals surface area contributed by atoms with E-state index in [1.54, 1.807) is 24.3 Å². The topological polar surface area (TPSA) is 102 Å². The lowest BCUT2D eigenvalue weighted by Gasteiger charge is -2.34. The van der Waals surface area contributed by atoms with E-state index in [1.807, 2.05) is 30.3 Å². The maximum absolute atomic E-state index is 13.2. The smallest absolute Gasteiger partial charge is 0.337 e. The van der Waals surface area contributed by atoms with Gasteiger partial charge >= 0.3 is 5.97 Å². The SMILES string of the molecule is COC(=O)c1ccc([C@@H]2C(C#N)=C(N)OC3=C2C(=O)C[C@H](c2ccccc2)C3)cc1. The van der Waals surface area contributed by atoms with Crippen molar-refractivity contribution >= 4 is 11.8 Å². The van der Waals surface area contributed by atoms with E-state index in [-0.39, 0.29) is 23.2 Å². The van der Waals surface area contributed by atoms with Crippen molar-refractivity contribution in [1.29, 1.82) is 5.26 Å². The van der Waals surface area contributed by atoms with Crippen molar-refractivity contribution in [2.75, 3.05) is 7.11 Å². The first-order valence-electron chi connectivity index (χ1n) is 9.60. The average molecular weight is 400 g/mol. The zero-order valence-electron chi connectivity index (χ0n) is 16.4. The van der Waals surface area contributed by atoms with E-state index in [9.17, 15) is 14.9 Å². The number of benzene rings is 2. The molecule has 0 unspecified atom stereocenters. The highest BCUT2D eigenvalue weighted by Crippen LogP contribution is 2.46. The van der Waals surface area contributed by atoms with Crippen LogP contribution in [0.5, 0.6) is 0 Å². The van der Waals surface area contributed by atoms with Gasteiger partial charge in [-0.15, -0.1) is 0 Å². The van der Waals surface area contributed by atoms with Crippen molar-refractivity contribution in [3.05, 3.63) is 94.1 Å². The summed E-state index contributed by atoms with van der Waals surface area (Å²) in [5.41, 5.74) is 8.89. The van der Waals surface area contributed by atoms with Gasteiger partial charge in [0.05, 0.1) is 18.6 Å². The number of hydrogen-bond donors (Lipinski definition) is 1. The summed E-state index contributed by atoms with van der Waals surface area (Å²) in [5.74, 6) is -0.611. The molecule has 1 aliphatic heterocycles. The van der Waals surface area contributed by atoms with Crippen LogP contribution in [0.4, 0.5) is 0 Å². The summed E-state index contributed by atoms with van der Waals surface area (Å²) in [6, 6.07) is 18.6. The molecule has 0 aromatic heterocycles. The van der Waals surface area contributed by atoms with Crippen LogP contribution in [-0.2, 0) is 14.3 Å². The highest BCUT2D eigenvalue weighted by atomic mass is 16.5. The van der Waals surface area contributed by atoms with Gasteiger partial charge in [-0.2, -0.15) is 5.26 Å². The first-order chi connectivity index (χ1) is 14.5. The summed E-state index contributed by atoms with van der Waals surface area (Å²) in [7, 11) is 1.31. The molecule has 0 bridgehead atoms. The van der Waals surface area contributed by atoms with Crippen molar-refractivity contribution in [3.63, 3.8) is 0 Å². The summed E-state index contributed by atoms with van der Waals surface area (Å²) < 4.78 is 10.5. The van der Waals surface area contributed by atoms with Crippen LogP contribution < -0.4 is 5.73 Å². The first-order valence-corrected chi connectivity index (χ1v) is 9.60. The molecule has 150 valence electrons. The molecule has 4 rings (SSSR count). The van der Waals surface area contributed by atoms with Crippen LogP contribution >= 0.6 is 0 Å². The van der Waals surface area contributed by atoms with Crippen molar-refractivity contribution < 1.29 is 19.1 Å². The van der Waals surface area contributed by atoms with Gasteiger partial charge in [0.2, 0.25) is 5.88 Å². The number of nitriles is 1. The van der Waals surface area contributed by atoms with Crippen LogP contribution in [0.25, 0.3) is 0 Å². The van der Waals surface area contributed by atoms with Crippen molar-refractivity contribution in [2.24, 2.45) is 5.73 Å². The predicted molar refractivity (Wildman–Crippen MR) is 109 cm³/mol. The molecule has 1 aliphatic carbocycles. The number of hydrogen-bond acceptors (Lipinski definition) is 6. The van der Waals surface area contributed by atoms with Gasteiger partial charge in [0, 0.05) is 18.4 Å². The molecular weight excluding hydrogens is 380 g/mol. The fourth-order valence-corrected chi connectivity index (χ4v) is 4.13. The second-order valence-electron chi connectivity index (χ2n) is 7.31. The Morgan fingerprint density at radius 3 is 2.43 bits per heavy atom. The Bertz CT molecular complexity index is 1110. The zero-order valence-corrected chi connectivity index (χ0v) is 16.4. The highest BCUT2D eigenvalue weighted by molar-refractivity contribution is 6.00. The van der Waals surface area contributed by atoms with Gasteiger partial charge in [-0.1, -0.05) is 42.5 Å². The lowest BCUT2D eigenvalue weighted by atomic mass is 9.73. The van der Waals surface area contributed by atoms with Crippen LogP contribution in [0.15, 0.2) is 77.4 Å². The Hall–Kier alpha value is -3.85. The van der Waals surface area contributed by atoms with Crippen LogP contribution in [0.3, 0.4) is 0 Å². The van der Waals surface area contributed by atoms with Crippen molar-refractivity contribution in [3.8, 4) is 6.07 Å². The maximum atomic E-state index is 13.2. The Balaban J connectivity index is 1.75. The number of nitrogens with zero attached hydrogens (tertiary/aromatic N) is 1. The zero-order chi connectivity index (χ0) is 21.3. The van der Waals surface area contributed by atoms with Gasteiger partial charge in [-0.05, 0) is 29.2 Å². The number of Topliss-reactive ketones (excluding diaryl/α,β-unsaturated/α-hetero) is 1. The summed E-state index contributed by atoms with van der Waals surface area (Å²) >= 11 is 0. The Kier molecular flexibility index (Phi) is 5.11. The molecular formula is C24H20N2O4. The largest absolute Gasteiger partial charge is 0.465 e. The van der Waals surface area contributed by atoms with E-state index in [1.165, 1.54) is 7.11 Å². The third kappa shape index (κ3) is 3.35. The van der Waals surface area contributed by atoms with E-state index in [0.717, 1.165) is 5.56 Å². The summed E-state index contributed by atoms with van der Waals surface area (Å²) in [5, 5.41) is 9.70. The molecule has 2 aromatic carbocycles. The second-order valence-corrected chi connectivity index (χ2v) is 7.31. The second kappa shape index (κ2) is 7.88. The lowest BCUT2D eigenvalue weighted by molar-refractivity contribution is -0.117. The number of ketones is 1. The number of esters is 1. The minimum atomic E-state index is -0.616. The fraction of sp³-hybridized carbons (Fsp3) is 0.208. The van der Waals surface area contributed by atoms with E-state index < -0.39 is 11.9 Å². The number of rotatable bonds is 3. The minimum Gasteiger partial charge on any atom is -0.465 e. The Labute approximate surface area is 174 Å². The van der Waals surface area contributed by atoms with Crippen molar-refractivity contribution in [2.45, 2.75) is 24.7 Å². The maximum Gasteiger partial charge on any atom is 0.337 e. The van der Waals surface area contributed by atoms with Crippen LogP contribution in [0, 0.1) is 11.3 Å². The summed E-state index contributed by atoms with van der Waals surface area (Å²) in [4.78, 5) is 24.9. The molecule has 0 fully saturated rings. The molecule has 6 heteroatoms. The number of carbonyl (C=O) groups excluding carboxylic acids is 2. The Morgan fingerprint density at radius 1 is 1.10 bits per heavy atom. The van der Waals surface area contributed by atoms with Gasteiger partial charge < -0.3 is 15.2 Å². The fourth-order valence-electron chi connectivity index (χ4n) is 4.13. The Morgan fingerprint density at radius 2 is 1.80 bits per heavy atom. The van der Waals surface area contributed by atoms with Gasteiger partial charge in [0.25, 0.3) is 0 Å². The van der Waals surface area contributed by atoms with E-state index in [2.05, 4.69) is 6.07 Å². The van der Waals surface area contributed by atoms with Gasteiger partial charge in [0.15, 0.2) is 5.78 Å². The van der Waals surface area contributed by atoms with Gasteiger partial charge in [-0.3, -0.25) is 4.79 Å². The number of nitrogens with two attached hydrogens (primary N) is 1. The van der Waals surface area contributed by atoms with Gasteiger partial charge in [0.1, 0.15) is 17.4 Å². The molecule has 0 saturated carbocycles. The molecule has 0 amide bonds. The monoisotopic (exact) mass is 400 g/mol. The van der Waals surface area contributed by atoms with E-state index >= 15 is 0 Å². The van der Waals surface area contributed by atoms with Gasteiger partial charge in [-0.25, -0.2) is 4.79 Å². The van der Waals surface area contributed by atoms with Crippen LogP contribution in [0.1, 0.15) is 46.2 Å². The quantitative estimate of drug-likeness (QED) is 0.789. The normalized spacial score (nSPS) is 20.9. The van der Waals surface area contributed by atoms with Crippen LogP contribution in [-0.4, -0.2) is 18.9 Å². The highest BCUT2D eigenvalue weighted by Gasteiger charge is 2.40. The minimum absolute atomic E-state index is 0.00349. The van der Waals surface area contributed by atoms with Crippen molar-refractivity contribution in [1.82, 2.24) is 0 Å². The standard InChI is InChI=1S/C24H20N2O4/c1-29-24(28)16-9-7-15(8-10-16)21-18(13-25)23(26)30-20-12-17(11-19(27)22(20)21)14-5-3-2-4-6-14/h2-10,17,21H,11-12,26H2,1H3/t17-,21+/m0/s1. The molecule has 30 heavy (non-hydrogen) atoms. The average Bonchev–Trinajstić information content (AvgIpc) is 2.78. The molecule has 1 heterocycles. The van der Waals surface area contributed by atoms with Crippen LogP contribution in [0.2, 0.25) is 0 Å². The number of ether oxygens (including phenoxy) is 2. The molecule has 2 N–H and O–H groups in total. The molecule has 0 saturated heterocycles. The summed E-state index contributed by atoms with van der Waals surface area (Å²) in [6.07, 6.45) is 0.864. The summed E-state index contributed by atoms with van der Waals surface area (Å²) in [6.45, 7) is 0. The third-order valence-corrected chi connectivity index (χ3v) is 5.60. The molecule has 6 nitrogen and oxygen atoms in total. The number of carbonyl (C=O) groups is 2. The van der Waals surface area contributed by atoms with E-state index in [4.69, 9.17) is 15.2 Å². The number of allylic oxidation sites excluding steroid dienone is 3. The number of methoxy groups -OCH3 is 1.